The average Bonchev–Trinajstić information content (AvgIpc) is 2.98. The Morgan fingerprint density at radius 3 is 3.00 bits per heavy atom. The molecule has 0 fully saturated rings. The minimum atomic E-state index is -1.10. The summed E-state index contributed by atoms with van der Waals surface area (Å²) < 4.78 is 4.58. The number of nitrogens with zero attached hydrogens (tertiary/aromatic N) is 3. The summed E-state index contributed by atoms with van der Waals surface area (Å²) in [5.41, 5.74) is 0.771. The molecule has 1 amide bonds. The van der Waals surface area contributed by atoms with E-state index in [9.17, 15) is 9.59 Å². The minimum Gasteiger partial charge on any atom is -0.478 e. The molecule has 2 heterocycles. The van der Waals surface area contributed by atoms with E-state index >= 15 is 0 Å². The van der Waals surface area contributed by atoms with Gasteiger partial charge in [-0.3, -0.25) is 9.78 Å². The summed E-state index contributed by atoms with van der Waals surface area (Å²) in [6, 6.07) is 1.52. The van der Waals surface area contributed by atoms with E-state index in [1.165, 1.54) is 30.9 Å². The lowest BCUT2D eigenvalue weighted by Gasteiger charge is -2.06. The van der Waals surface area contributed by atoms with Gasteiger partial charge in [-0.1, -0.05) is 5.16 Å². The monoisotopic (exact) mass is 288 g/mol. The van der Waals surface area contributed by atoms with E-state index in [1.54, 1.807) is 0 Å². The van der Waals surface area contributed by atoms with Crippen LogP contribution in [0.2, 0.25) is 0 Å². The third kappa shape index (κ3) is 4.23. The van der Waals surface area contributed by atoms with Gasteiger partial charge in [0.05, 0.1) is 0 Å². The van der Waals surface area contributed by atoms with Gasteiger partial charge in [0.1, 0.15) is 0 Å². The molecular formula is C13H12N4O4. The zero-order valence-corrected chi connectivity index (χ0v) is 10.9. The van der Waals surface area contributed by atoms with Crippen molar-refractivity contribution in [1.82, 2.24) is 20.4 Å². The van der Waals surface area contributed by atoms with Gasteiger partial charge in [-0.25, -0.2) is 4.79 Å². The Hall–Kier alpha value is -3.03. The first-order valence-electron chi connectivity index (χ1n) is 6.05. The zero-order chi connectivity index (χ0) is 15.1. The molecular weight excluding hydrogens is 276 g/mol. The Bertz CT molecular complexity index is 652. The summed E-state index contributed by atoms with van der Waals surface area (Å²) in [6.45, 7) is 0.336. The maximum absolute atomic E-state index is 12.1. The summed E-state index contributed by atoms with van der Waals surface area (Å²) in [4.78, 5) is 30.3. The van der Waals surface area contributed by atoms with Gasteiger partial charge in [-0.15, -0.1) is 0 Å². The van der Waals surface area contributed by atoms with Crippen LogP contribution in [0.25, 0.3) is 6.08 Å². The van der Waals surface area contributed by atoms with Crippen molar-refractivity contribution in [3.8, 4) is 0 Å². The predicted octanol–water partition coefficient (Wildman–Crippen LogP) is 0.535. The molecule has 2 N–H and O–H groups in total. The van der Waals surface area contributed by atoms with Crippen LogP contribution < -0.4 is 5.32 Å². The van der Waals surface area contributed by atoms with E-state index in [2.05, 4.69) is 25.0 Å². The van der Waals surface area contributed by atoms with Crippen molar-refractivity contribution in [2.45, 2.75) is 6.42 Å². The van der Waals surface area contributed by atoms with Gasteiger partial charge in [0.15, 0.2) is 5.82 Å². The van der Waals surface area contributed by atoms with Crippen LogP contribution in [0.3, 0.4) is 0 Å². The number of pyridine rings is 1. The van der Waals surface area contributed by atoms with Crippen LogP contribution >= 0.6 is 0 Å². The molecule has 2 rings (SSSR count). The van der Waals surface area contributed by atoms with Crippen molar-refractivity contribution < 1.29 is 19.2 Å². The number of nitrogens with one attached hydrogen (secondary N) is 1. The van der Waals surface area contributed by atoms with Crippen LogP contribution in [0.1, 0.15) is 21.7 Å². The van der Waals surface area contributed by atoms with Crippen molar-refractivity contribution in [3.05, 3.63) is 47.9 Å². The van der Waals surface area contributed by atoms with Crippen molar-refractivity contribution in [3.63, 3.8) is 0 Å². The second kappa shape index (κ2) is 6.94. The lowest BCUT2D eigenvalue weighted by atomic mass is 10.1. The standard InChI is InChI=1S/C13H12N4O4/c18-12(19)2-1-9-7-14-5-3-10(9)13(20)15-6-4-11-16-8-21-17-11/h1-3,5,7-8H,4,6H2,(H,15,20)(H,18,19)/b2-1+. The lowest BCUT2D eigenvalue weighted by Crippen LogP contribution is -2.26. The second-order valence-electron chi connectivity index (χ2n) is 3.99. The number of amides is 1. The Morgan fingerprint density at radius 2 is 2.29 bits per heavy atom. The molecule has 0 bridgehead atoms. The number of rotatable bonds is 6. The number of aromatic nitrogens is 3. The molecule has 2 aromatic heterocycles. The maximum Gasteiger partial charge on any atom is 0.328 e. The SMILES string of the molecule is O=C(O)/C=C/c1cnccc1C(=O)NCCc1ncon1. The number of hydrogen-bond acceptors (Lipinski definition) is 6. The molecule has 0 saturated carbocycles. The molecule has 0 atom stereocenters. The molecule has 0 aliphatic heterocycles. The number of carboxylic acid groups (broad SMARTS) is 1. The fourth-order valence-electron chi connectivity index (χ4n) is 1.59. The molecule has 0 radical (unpaired) electrons. The minimum absolute atomic E-state index is 0.328. The third-order valence-corrected chi connectivity index (χ3v) is 2.54. The van der Waals surface area contributed by atoms with Crippen LogP contribution in [0.5, 0.6) is 0 Å². The first-order chi connectivity index (χ1) is 10.2. The fraction of sp³-hybridized carbons (Fsp3) is 0.154. The largest absolute Gasteiger partial charge is 0.478 e. The van der Waals surface area contributed by atoms with Crippen LogP contribution in [0.15, 0.2) is 35.5 Å². The van der Waals surface area contributed by atoms with E-state index in [1.807, 2.05) is 0 Å². The lowest BCUT2D eigenvalue weighted by molar-refractivity contribution is -0.131. The van der Waals surface area contributed by atoms with Gasteiger partial charge in [0.25, 0.3) is 5.91 Å². The summed E-state index contributed by atoms with van der Waals surface area (Å²) in [6.07, 6.45) is 6.82. The molecule has 2 aromatic rings. The predicted molar refractivity (Wildman–Crippen MR) is 71.2 cm³/mol. The smallest absolute Gasteiger partial charge is 0.328 e. The third-order valence-electron chi connectivity index (χ3n) is 2.54. The van der Waals surface area contributed by atoms with Crippen molar-refractivity contribution in [2.24, 2.45) is 0 Å². The first kappa shape index (κ1) is 14.4. The summed E-state index contributed by atoms with van der Waals surface area (Å²) in [5, 5.41) is 14.9. The molecule has 0 aromatic carbocycles. The molecule has 0 unspecified atom stereocenters. The average molecular weight is 288 g/mol. The highest BCUT2D eigenvalue weighted by Crippen LogP contribution is 2.09. The van der Waals surface area contributed by atoms with Gasteiger partial charge >= 0.3 is 5.97 Å². The van der Waals surface area contributed by atoms with E-state index in [0.717, 1.165) is 6.08 Å². The highest BCUT2D eigenvalue weighted by Gasteiger charge is 2.10. The first-order valence-corrected chi connectivity index (χ1v) is 6.05. The number of carbonyl (C=O) groups excluding carboxylic acids is 1. The van der Waals surface area contributed by atoms with E-state index < -0.39 is 5.97 Å². The Balaban J connectivity index is 2.00. The van der Waals surface area contributed by atoms with Crippen LogP contribution in [0.4, 0.5) is 0 Å². The Morgan fingerprint density at radius 1 is 1.43 bits per heavy atom. The number of aliphatic carboxylic acids is 1. The van der Waals surface area contributed by atoms with Gasteiger partial charge in [0.2, 0.25) is 6.39 Å². The highest BCUT2D eigenvalue weighted by molar-refractivity contribution is 5.98. The van der Waals surface area contributed by atoms with Gasteiger partial charge in [0, 0.05) is 42.6 Å². The highest BCUT2D eigenvalue weighted by atomic mass is 16.5. The zero-order valence-electron chi connectivity index (χ0n) is 10.9. The summed E-state index contributed by atoms with van der Waals surface area (Å²) >= 11 is 0. The molecule has 108 valence electrons. The molecule has 0 saturated heterocycles. The van der Waals surface area contributed by atoms with Gasteiger partial charge in [-0.05, 0) is 12.1 Å². The van der Waals surface area contributed by atoms with Crippen LogP contribution in [0, 0.1) is 0 Å². The van der Waals surface area contributed by atoms with Crippen molar-refractivity contribution in [1.29, 1.82) is 0 Å². The number of carboxylic acids is 1. The molecule has 21 heavy (non-hydrogen) atoms. The van der Waals surface area contributed by atoms with E-state index in [-0.39, 0.29) is 5.91 Å². The molecule has 0 aliphatic rings. The van der Waals surface area contributed by atoms with E-state index in [0.29, 0.717) is 29.9 Å². The number of hydrogen-bond donors (Lipinski definition) is 2. The summed E-state index contributed by atoms with van der Waals surface area (Å²) in [7, 11) is 0. The normalized spacial score (nSPS) is 10.7. The molecule has 0 aliphatic carbocycles. The van der Waals surface area contributed by atoms with Crippen LogP contribution in [-0.4, -0.2) is 38.7 Å². The van der Waals surface area contributed by atoms with Crippen molar-refractivity contribution >= 4 is 18.0 Å². The Kier molecular flexibility index (Phi) is 4.75. The number of carbonyl (C=O) groups is 2. The topological polar surface area (TPSA) is 118 Å². The maximum atomic E-state index is 12.1. The second-order valence-corrected chi connectivity index (χ2v) is 3.99. The van der Waals surface area contributed by atoms with Gasteiger partial charge < -0.3 is 14.9 Å². The quantitative estimate of drug-likeness (QED) is 0.744. The van der Waals surface area contributed by atoms with Crippen molar-refractivity contribution in [2.75, 3.05) is 6.54 Å². The van der Waals surface area contributed by atoms with Crippen LogP contribution in [-0.2, 0) is 11.2 Å². The molecule has 0 spiro atoms. The fourth-order valence-corrected chi connectivity index (χ4v) is 1.59. The van der Waals surface area contributed by atoms with Gasteiger partial charge in [-0.2, -0.15) is 4.98 Å². The molecule has 8 heteroatoms. The Labute approximate surface area is 119 Å². The molecule has 8 nitrogen and oxygen atoms in total. The summed E-state index contributed by atoms with van der Waals surface area (Å²) in [5.74, 6) is -0.927. The van der Waals surface area contributed by atoms with E-state index in [4.69, 9.17) is 5.11 Å².